The number of rotatable bonds is 5. The highest BCUT2D eigenvalue weighted by molar-refractivity contribution is 5.95. The van der Waals surface area contributed by atoms with E-state index in [4.69, 9.17) is 4.74 Å². The average molecular weight is 342 g/mol. The zero-order valence-electron chi connectivity index (χ0n) is 14.4. The Morgan fingerprint density at radius 1 is 1.36 bits per heavy atom. The third-order valence-corrected chi connectivity index (χ3v) is 4.11. The lowest BCUT2D eigenvalue weighted by Gasteiger charge is -2.15. The first-order chi connectivity index (χ1) is 12.1. The van der Waals surface area contributed by atoms with E-state index >= 15 is 0 Å². The Morgan fingerprint density at radius 2 is 2.16 bits per heavy atom. The number of amides is 1. The summed E-state index contributed by atoms with van der Waals surface area (Å²) in [6.45, 7) is 2.69. The van der Waals surface area contributed by atoms with Crippen LogP contribution in [0.15, 0.2) is 36.7 Å². The number of halogens is 1. The summed E-state index contributed by atoms with van der Waals surface area (Å²) in [6.07, 6.45) is 3.15. The van der Waals surface area contributed by atoms with Crippen molar-refractivity contribution in [1.29, 1.82) is 0 Å². The molecule has 6 nitrogen and oxygen atoms in total. The van der Waals surface area contributed by atoms with E-state index in [1.165, 1.54) is 18.3 Å². The van der Waals surface area contributed by atoms with Crippen LogP contribution in [0.4, 0.5) is 4.39 Å². The molecular weight excluding hydrogens is 323 g/mol. The summed E-state index contributed by atoms with van der Waals surface area (Å²) in [4.78, 5) is 18.4. The first-order valence-corrected chi connectivity index (χ1v) is 7.92. The standard InChI is InChI=1S/C18H19FN4O2/c1-4-22(2)18(24)14-10-21-23(17(14)11-25-3)16-7-8-20-15-6-5-12(19)9-13(15)16/h5-10H,4,11H2,1-3H3. The van der Waals surface area contributed by atoms with Gasteiger partial charge in [0.05, 0.1) is 35.3 Å². The van der Waals surface area contributed by atoms with Gasteiger partial charge in [0.1, 0.15) is 5.82 Å². The Morgan fingerprint density at radius 3 is 2.88 bits per heavy atom. The topological polar surface area (TPSA) is 60.2 Å². The third-order valence-electron chi connectivity index (χ3n) is 4.11. The van der Waals surface area contributed by atoms with Crippen LogP contribution < -0.4 is 0 Å². The molecule has 0 aliphatic rings. The van der Waals surface area contributed by atoms with Crippen molar-refractivity contribution in [1.82, 2.24) is 19.7 Å². The zero-order valence-corrected chi connectivity index (χ0v) is 14.4. The molecule has 0 spiro atoms. The van der Waals surface area contributed by atoms with Gasteiger partial charge in [0.2, 0.25) is 0 Å². The van der Waals surface area contributed by atoms with E-state index in [1.807, 2.05) is 6.92 Å². The molecular formula is C18H19FN4O2. The number of aromatic nitrogens is 3. The minimum atomic E-state index is -0.357. The van der Waals surface area contributed by atoms with Crippen molar-refractivity contribution in [3.63, 3.8) is 0 Å². The lowest BCUT2D eigenvalue weighted by atomic mass is 10.1. The highest BCUT2D eigenvalue weighted by Gasteiger charge is 2.21. The lowest BCUT2D eigenvalue weighted by molar-refractivity contribution is 0.0797. The molecule has 3 aromatic rings. The molecule has 0 fully saturated rings. The Hall–Kier alpha value is -2.80. The van der Waals surface area contributed by atoms with Gasteiger partial charge in [0.25, 0.3) is 5.91 Å². The molecule has 0 aliphatic carbocycles. The van der Waals surface area contributed by atoms with Crippen LogP contribution in [0.2, 0.25) is 0 Å². The van der Waals surface area contributed by atoms with Gasteiger partial charge >= 0.3 is 0 Å². The van der Waals surface area contributed by atoms with Crippen molar-refractivity contribution in [3.05, 3.63) is 53.7 Å². The fourth-order valence-corrected chi connectivity index (χ4v) is 2.67. The maximum atomic E-state index is 13.7. The maximum Gasteiger partial charge on any atom is 0.257 e. The molecule has 130 valence electrons. The van der Waals surface area contributed by atoms with E-state index < -0.39 is 0 Å². The van der Waals surface area contributed by atoms with Gasteiger partial charge in [-0.05, 0) is 31.2 Å². The predicted molar refractivity (Wildman–Crippen MR) is 92.2 cm³/mol. The monoisotopic (exact) mass is 342 g/mol. The maximum absolute atomic E-state index is 13.7. The van der Waals surface area contributed by atoms with Crippen molar-refractivity contribution in [2.24, 2.45) is 0 Å². The lowest BCUT2D eigenvalue weighted by Crippen LogP contribution is -2.27. The summed E-state index contributed by atoms with van der Waals surface area (Å²) in [6, 6.07) is 6.13. The molecule has 0 bridgehead atoms. The van der Waals surface area contributed by atoms with Gasteiger partial charge in [-0.15, -0.1) is 0 Å². The Bertz CT molecular complexity index is 923. The number of fused-ring (bicyclic) bond motifs is 1. The smallest absolute Gasteiger partial charge is 0.257 e. The third kappa shape index (κ3) is 3.10. The van der Waals surface area contributed by atoms with Crippen LogP contribution in [0, 0.1) is 5.82 Å². The molecule has 3 rings (SSSR count). The van der Waals surface area contributed by atoms with Crippen molar-refractivity contribution in [2.45, 2.75) is 13.5 Å². The number of carbonyl (C=O) groups is 1. The van der Waals surface area contributed by atoms with Crippen molar-refractivity contribution < 1.29 is 13.9 Å². The minimum absolute atomic E-state index is 0.134. The Labute approximate surface area is 144 Å². The highest BCUT2D eigenvalue weighted by atomic mass is 19.1. The summed E-state index contributed by atoms with van der Waals surface area (Å²) in [5, 5.41) is 4.98. The number of carbonyl (C=O) groups excluding carboxylic acids is 1. The van der Waals surface area contributed by atoms with Crippen molar-refractivity contribution in [2.75, 3.05) is 20.7 Å². The number of hydrogen-bond acceptors (Lipinski definition) is 4. The molecule has 0 radical (unpaired) electrons. The van der Waals surface area contributed by atoms with Gasteiger partial charge in [-0.1, -0.05) is 0 Å². The highest BCUT2D eigenvalue weighted by Crippen LogP contribution is 2.24. The molecule has 0 N–H and O–H groups in total. The second kappa shape index (κ2) is 6.98. The normalized spacial score (nSPS) is 11.0. The molecule has 2 aromatic heterocycles. The molecule has 0 saturated carbocycles. The number of ether oxygens (including phenoxy) is 1. The summed E-state index contributed by atoms with van der Waals surface area (Å²) in [5.74, 6) is -0.491. The average Bonchev–Trinajstić information content (AvgIpc) is 3.03. The molecule has 0 aliphatic heterocycles. The number of benzene rings is 1. The SMILES string of the molecule is CCN(C)C(=O)c1cnn(-c2ccnc3ccc(F)cc23)c1COC. The summed E-state index contributed by atoms with van der Waals surface area (Å²) >= 11 is 0. The van der Waals surface area contributed by atoms with Crippen LogP contribution in [0.25, 0.3) is 16.6 Å². The van der Waals surface area contributed by atoms with Gasteiger partial charge in [0.15, 0.2) is 0 Å². The Balaban J connectivity index is 2.20. The van der Waals surface area contributed by atoms with E-state index in [0.29, 0.717) is 34.4 Å². The van der Waals surface area contributed by atoms with E-state index in [-0.39, 0.29) is 18.3 Å². The van der Waals surface area contributed by atoms with Crippen LogP contribution in [-0.2, 0) is 11.3 Å². The second-order valence-corrected chi connectivity index (χ2v) is 5.66. The number of pyridine rings is 1. The fraction of sp³-hybridized carbons (Fsp3) is 0.278. The number of nitrogens with zero attached hydrogens (tertiary/aromatic N) is 4. The first kappa shape index (κ1) is 17.0. The molecule has 1 aromatic carbocycles. The molecule has 7 heteroatoms. The van der Waals surface area contributed by atoms with Crippen LogP contribution in [0.3, 0.4) is 0 Å². The van der Waals surface area contributed by atoms with Gasteiger partial charge < -0.3 is 9.64 Å². The molecule has 25 heavy (non-hydrogen) atoms. The molecule has 0 atom stereocenters. The zero-order chi connectivity index (χ0) is 18.0. The van der Waals surface area contributed by atoms with E-state index in [0.717, 1.165) is 0 Å². The largest absolute Gasteiger partial charge is 0.378 e. The minimum Gasteiger partial charge on any atom is -0.378 e. The van der Waals surface area contributed by atoms with Crippen molar-refractivity contribution in [3.8, 4) is 5.69 Å². The van der Waals surface area contributed by atoms with Crippen LogP contribution in [0.5, 0.6) is 0 Å². The van der Waals surface area contributed by atoms with Crippen LogP contribution >= 0.6 is 0 Å². The second-order valence-electron chi connectivity index (χ2n) is 5.66. The number of hydrogen-bond donors (Lipinski definition) is 0. The summed E-state index contributed by atoms with van der Waals surface area (Å²) in [7, 11) is 3.28. The summed E-state index contributed by atoms with van der Waals surface area (Å²) in [5.41, 5.74) is 2.38. The van der Waals surface area contributed by atoms with E-state index in [2.05, 4.69) is 10.1 Å². The van der Waals surface area contributed by atoms with Gasteiger partial charge in [-0.25, -0.2) is 9.07 Å². The van der Waals surface area contributed by atoms with E-state index in [1.54, 1.807) is 42.1 Å². The molecule has 0 unspecified atom stereocenters. The first-order valence-electron chi connectivity index (χ1n) is 7.92. The predicted octanol–water partition coefficient (Wildman–Crippen LogP) is 2.80. The van der Waals surface area contributed by atoms with E-state index in [9.17, 15) is 9.18 Å². The van der Waals surface area contributed by atoms with Crippen LogP contribution in [0.1, 0.15) is 23.0 Å². The number of methoxy groups -OCH3 is 1. The molecule has 1 amide bonds. The van der Waals surface area contributed by atoms with Crippen molar-refractivity contribution >= 4 is 16.8 Å². The molecule has 2 heterocycles. The quantitative estimate of drug-likeness (QED) is 0.715. The fourth-order valence-electron chi connectivity index (χ4n) is 2.67. The molecule has 0 saturated heterocycles. The van der Waals surface area contributed by atoms with Gasteiger partial charge in [-0.3, -0.25) is 9.78 Å². The summed E-state index contributed by atoms with van der Waals surface area (Å²) < 4.78 is 20.6. The van der Waals surface area contributed by atoms with Crippen LogP contribution in [-0.4, -0.2) is 46.3 Å². The Kier molecular flexibility index (Phi) is 4.76. The van der Waals surface area contributed by atoms with Gasteiger partial charge in [0, 0.05) is 32.3 Å². The van der Waals surface area contributed by atoms with Gasteiger partial charge in [-0.2, -0.15) is 5.10 Å².